The molecular formula is C12H8BrNO3. The molecule has 0 aliphatic heterocycles. The van der Waals surface area contributed by atoms with E-state index in [9.17, 15) is 9.59 Å². The number of pyridine rings is 1. The van der Waals surface area contributed by atoms with Crippen LogP contribution in [-0.4, -0.2) is 16.1 Å². The zero-order chi connectivity index (χ0) is 12.4. The van der Waals surface area contributed by atoms with E-state index in [0.717, 1.165) is 15.9 Å². The van der Waals surface area contributed by atoms with E-state index in [-0.39, 0.29) is 5.56 Å². The van der Waals surface area contributed by atoms with E-state index in [2.05, 4.69) is 20.9 Å². The van der Waals surface area contributed by atoms with Crippen LogP contribution in [0, 0.1) is 0 Å². The maximum absolute atomic E-state index is 11.6. The van der Waals surface area contributed by atoms with Crippen molar-refractivity contribution in [3.8, 4) is 0 Å². The van der Waals surface area contributed by atoms with Gasteiger partial charge in [-0.25, -0.2) is 4.79 Å². The molecule has 86 valence electrons. The predicted molar refractivity (Wildman–Crippen MR) is 68.9 cm³/mol. The van der Waals surface area contributed by atoms with Gasteiger partial charge in [-0.2, -0.15) is 0 Å². The number of aliphatic carboxylic acids is 1. The average molecular weight is 294 g/mol. The molecule has 2 N–H and O–H groups in total. The van der Waals surface area contributed by atoms with Gasteiger partial charge in [0.2, 0.25) is 0 Å². The van der Waals surface area contributed by atoms with Crippen LogP contribution >= 0.6 is 15.9 Å². The molecule has 17 heavy (non-hydrogen) atoms. The third-order valence-corrected chi connectivity index (χ3v) is 2.73. The lowest BCUT2D eigenvalue weighted by Crippen LogP contribution is -2.08. The first-order chi connectivity index (χ1) is 8.06. The molecule has 0 bridgehead atoms. The molecular weight excluding hydrogens is 286 g/mol. The third-order valence-electron chi connectivity index (χ3n) is 2.24. The van der Waals surface area contributed by atoms with E-state index < -0.39 is 5.97 Å². The fraction of sp³-hybridized carbons (Fsp3) is 0. The highest BCUT2D eigenvalue weighted by molar-refractivity contribution is 9.10. The van der Waals surface area contributed by atoms with Crippen LogP contribution in [-0.2, 0) is 4.79 Å². The molecule has 0 amide bonds. The fourth-order valence-corrected chi connectivity index (χ4v) is 1.86. The Morgan fingerprint density at radius 2 is 2.12 bits per heavy atom. The molecule has 2 rings (SSSR count). The third kappa shape index (κ3) is 2.62. The molecule has 4 nitrogen and oxygen atoms in total. The number of H-pyrrole nitrogens is 1. The van der Waals surface area contributed by atoms with E-state index in [1.165, 1.54) is 6.08 Å². The number of hydrogen-bond donors (Lipinski definition) is 2. The number of aromatic nitrogens is 1. The molecule has 2 aromatic rings. The van der Waals surface area contributed by atoms with Crippen molar-refractivity contribution in [2.75, 3.05) is 0 Å². The van der Waals surface area contributed by atoms with Crippen LogP contribution in [0.2, 0.25) is 0 Å². The van der Waals surface area contributed by atoms with Crippen molar-refractivity contribution in [1.29, 1.82) is 0 Å². The van der Waals surface area contributed by atoms with Crippen LogP contribution in [0.3, 0.4) is 0 Å². The minimum atomic E-state index is -1.08. The Kier molecular flexibility index (Phi) is 3.10. The number of aromatic amines is 1. The van der Waals surface area contributed by atoms with E-state index in [1.807, 2.05) is 12.1 Å². The van der Waals surface area contributed by atoms with Gasteiger partial charge in [0.25, 0.3) is 5.56 Å². The number of fused-ring (bicyclic) bond motifs is 1. The van der Waals surface area contributed by atoms with Gasteiger partial charge in [0, 0.05) is 21.6 Å². The SMILES string of the molecule is O=C(O)/C=C/c1cc2cc(Br)ccc2[nH]c1=O. The van der Waals surface area contributed by atoms with Gasteiger partial charge in [-0.15, -0.1) is 0 Å². The van der Waals surface area contributed by atoms with Crippen molar-refractivity contribution >= 4 is 38.9 Å². The molecule has 0 saturated carbocycles. The lowest BCUT2D eigenvalue weighted by atomic mass is 10.1. The van der Waals surface area contributed by atoms with Gasteiger partial charge in [0.15, 0.2) is 0 Å². The van der Waals surface area contributed by atoms with Gasteiger partial charge in [0.05, 0.1) is 0 Å². The summed E-state index contributed by atoms with van der Waals surface area (Å²) in [6.07, 6.45) is 2.22. The Morgan fingerprint density at radius 1 is 1.35 bits per heavy atom. The number of carboxylic acids is 1. The molecule has 1 aromatic carbocycles. The summed E-state index contributed by atoms with van der Waals surface area (Å²) >= 11 is 3.33. The average Bonchev–Trinajstić information content (AvgIpc) is 2.26. The number of benzene rings is 1. The number of carboxylic acid groups (broad SMARTS) is 1. The molecule has 0 fully saturated rings. The monoisotopic (exact) mass is 293 g/mol. The van der Waals surface area contributed by atoms with Gasteiger partial charge >= 0.3 is 5.97 Å². The second-order valence-corrected chi connectivity index (χ2v) is 4.37. The Balaban J connectivity index is 2.61. The number of carbonyl (C=O) groups is 1. The highest BCUT2D eigenvalue weighted by atomic mass is 79.9. The van der Waals surface area contributed by atoms with E-state index >= 15 is 0 Å². The smallest absolute Gasteiger partial charge is 0.328 e. The molecule has 0 spiro atoms. The summed E-state index contributed by atoms with van der Waals surface area (Å²) in [5, 5.41) is 9.35. The van der Waals surface area contributed by atoms with Gasteiger partial charge in [-0.1, -0.05) is 15.9 Å². The molecule has 0 unspecified atom stereocenters. The summed E-state index contributed by atoms with van der Waals surface area (Å²) < 4.78 is 0.894. The second kappa shape index (κ2) is 4.55. The zero-order valence-electron chi connectivity index (χ0n) is 8.61. The zero-order valence-corrected chi connectivity index (χ0v) is 10.2. The summed E-state index contributed by atoms with van der Waals surface area (Å²) in [7, 11) is 0. The maximum atomic E-state index is 11.6. The summed E-state index contributed by atoms with van der Waals surface area (Å²) in [6.45, 7) is 0. The Hall–Kier alpha value is -1.88. The molecule has 0 atom stereocenters. The molecule has 0 aliphatic rings. The summed E-state index contributed by atoms with van der Waals surface area (Å²) in [6, 6.07) is 7.11. The minimum Gasteiger partial charge on any atom is -0.478 e. The van der Waals surface area contributed by atoms with E-state index in [1.54, 1.807) is 12.1 Å². The van der Waals surface area contributed by atoms with Crippen LogP contribution in [0.5, 0.6) is 0 Å². The van der Waals surface area contributed by atoms with Crippen molar-refractivity contribution in [1.82, 2.24) is 4.98 Å². The highest BCUT2D eigenvalue weighted by Crippen LogP contribution is 2.17. The first-order valence-corrected chi connectivity index (χ1v) is 5.59. The number of rotatable bonds is 2. The largest absolute Gasteiger partial charge is 0.478 e. The maximum Gasteiger partial charge on any atom is 0.328 e. The quantitative estimate of drug-likeness (QED) is 0.835. The summed E-state index contributed by atoms with van der Waals surface area (Å²) in [4.78, 5) is 24.7. The lowest BCUT2D eigenvalue weighted by molar-refractivity contribution is -0.131. The second-order valence-electron chi connectivity index (χ2n) is 3.46. The highest BCUT2D eigenvalue weighted by Gasteiger charge is 2.01. The van der Waals surface area contributed by atoms with Gasteiger partial charge < -0.3 is 10.1 Å². The van der Waals surface area contributed by atoms with Crippen LogP contribution in [0.25, 0.3) is 17.0 Å². The topological polar surface area (TPSA) is 70.2 Å². The van der Waals surface area contributed by atoms with Crippen molar-refractivity contribution in [2.45, 2.75) is 0 Å². The standard InChI is InChI=1S/C12H8BrNO3/c13-9-2-3-10-8(6-9)5-7(12(17)14-10)1-4-11(15)16/h1-6H,(H,14,17)(H,15,16)/b4-1+. The van der Waals surface area contributed by atoms with Crippen LogP contribution < -0.4 is 5.56 Å². The van der Waals surface area contributed by atoms with Crippen molar-refractivity contribution in [3.05, 3.63) is 50.7 Å². The van der Waals surface area contributed by atoms with Crippen LogP contribution in [0.4, 0.5) is 0 Å². The Bertz CT molecular complexity index is 673. The number of halogens is 1. The first kappa shape index (κ1) is 11.6. The van der Waals surface area contributed by atoms with Gasteiger partial charge in [-0.3, -0.25) is 4.79 Å². The summed E-state index contributed by atoms with van der Waals surface area (Å²) in [5.41, 5.74) is 0.723. The molecule has 1 aromatic heterocycles. The minimum absolute atomic E-state index is 0.308. The van der Waals surface area contributed by atoms with Crippen molar-refractivity contribution < 1.29 is 9.90 Å². The van der Waals surface area contributed by atoms with Gasteiger partial charge in [0.1, 0.15) is 0 Å². The first-order valence-electron chi connectivity index (χ1n) is 4.80. The fourth-order valence-electron chi connectivity index (χ4n) is 1.48. The Labute approximate surface area is 105 Å². The number of hydrogen-bond acceptors (Lipinski definition) is 2. The molecule has 0 radical (unpaired) electrons. The molecule has 0 saturated heterocycles. The van der Waals surface area contributed by atoms with E-state index in [4.69, 9.17) is 5.11 Å². The van der Waals surface area contributed by atoms with E-state index in [0.29, 0.717) is 11.1 Å². The van der Waals surface area contributed by atoms with Crippen molar-refractivity contribution in [3.63, 3.8) is 0 Å². The van der Waals surface area contributed by atoms with Crippen molar-refractivity contribution in [2.24, 2.45) is 0 Å². The summed E-state index contributed by atoms with van der Waals surface area (Å²) in [5.74, 6) is -1.08. The van der Waals surface area contributed by atoms with Gasteiger partial charge in [-0.05, 0) is 35.7 Å². The molecule has 0 aliphatic carbocycles. The van der Waals surface area contributed by atoms with Crippen LogP contribution in [0.15, 0.2) is 39.6 Å². The number of nitrogens with one attached hydrogen (secondary N) is 1. The normalized spacial score (nSPS) is 11.1. The molecule has 1 heterocycles. The Morgan fingerprint density at radius 3 is 2.82 bits per heavy atom. The predicted octanol–water partition coefficient (Wildman–Crippen LogP) is 2.39. The molecule has 5 heteroatoms. The van der Waals surface area contributed by atoms with Crippen LogP contribution in [0.1, 0.15) is 5.56 Å². The lowest BCUT2D eigenvalue weighted by Gasteiger charge is -2.00.